The van der Waals surface area contributed by atoms with Gasteiger partial charge in [0.25, 0.3) is 0 Å². The maximum Gasteiger partial charge on any atom is 0.410 e. The average molecular weight is 553 g/mol. The number of nitrogens with one attached hydrogen (secondary N) is 1. The van der Waals surface area contributed by atoms with Crippen LogP contribution in [-0.4, -0.2) is 35.2 Å². The number of nitrogens with zero attached hydrogens (tertiary/aromatic N) is 1. The summed E-state index contributed by atoms with van der Waals surface area (Å²) >= 11 is 0. The molecule has 41 heavy (non-hydrogen) atoms. The number of rotatable bonds is 6. The zero-order valence-electron chi connectivity index (χ0n) is 26.0. The zero-order valence-corrected chi connectivity index (χ0v) is 26.0. The molecular formula is C37H48N2O2. The van der Waals surface area contributed by atoms with Gasteiger partial charge in [-0.25, -0.2) is 4.79 Å². The fraction of sp³-hybridized carbons (Fsp3) is 0.486. The molecule has 5 rings (SSSR count). The molecule has 0 saturated heterocycles. The molecule has 4 nitrogen and oxygen atoms in total. The molecule has 1 amide bonds. The summed E-state index contributed by atoms with van der Waals surface area (Å²) in [5, 5.41) is 3.78. The number of benzene rings is 3. The lowest BCUT2D eigenvalue weighted by Gasteiger charge is -2.40. The number of carbonyl (C=O) groups is 1. The largest absolute Gasteiger partial charge is 0.444 e. The molecule has 218 valence electrons. The summed E-state index contributed by atoms with van der Waals surface area (Å²) < 4.78 is 6.01. The summed E-state index contributed by atoms with van der Waals surface area (Å²) in [6.45, 7) is 15.5. The van der Waals surface area contributed by atoms with Crippen molar-refractivity contribution in [3.8, 4) is 11.1 Å². The van der Waals surface area contributed by atoms with Gasteiger partial charge in [0.1, 0.15) is 5.60 Å². The Kier molecular flexibility index (Phi) is 8.23. The Bertz CT molecular complexity index is 1290. The fourth-order valence-electron chi connectivity index (χ4n) is 6.68. The predicted octanol–water partition coefficient (Wildman–Crippen LogP) is 9.39. The smallest absolute Gasteiger partial charge is 0.410 e. The molecular weight excluding hydrogens is 504 g/mol. The van der Waals surface area contributed by atoms with Gasteiger partial charge in [-0.3, -0.25) is 0 Å². The molecule has 3 aromatic rings. The molecule has 1 unspecified atom stereocenters. The van der Waals surface area contributed by atoms with Crippen molar-refractivity contribution in [2.75, 3.05) is 11.9 Å². The van der Waals surface area contributed by atoms with Crippen LogP contribution in [-0.2, 0) is 10.2 Å². The molecule has 0 heterocycles. The molecule has 2 aliphatic rings. The highest BCUT2D eigenvalue weighted by Gasteiger charge is 2.37. The Labute approximate surface area is 247 Å². The van der Waals surface area contributed by atoms with Crippen LogP contribution in [0.4, 0.5) is 10.5 Å². The van der Waals surface area contributed by atoms with Crippen molar-refractivity contribution in [3.05, 3.63) is 89.5 Å². The lowest BCUT2D eigenvalue weighted by Crippen LogP contribution is -2.48. The van der Waals surface area contributed by atoms with Gasteiger partial charge in [0.15, 0.2) is 0 Å². The molecule has 4 heteroatoms. The van der Waals surface area contributed by atoms with Crippen LogP contribution in [0.3, 0.4) is 0 Å². The first-order chi connectivity index (χ1) is 19.4. The molecule has 1 saturated carbocycles. The van der Waals surface area contributed by atoms with Gasteiger partial charge in [0, 0.05) is 30.2 Å². The number of carbonyl (C=O) groups excluding carboxylic acids is 1. The van der Waals surface area contributed by atoms with Crippen molar-refractivity contribution in [1.29, 1.82) is 0 Å². The van der Waals surface area contributed by atoms with Crippen molar-refractivity contribution >= 4 is 11.8 Å². The van der Waals surface area contributed by atoms with E-state index < -0.39 is 5.60 Å². The number of anilines is 1. The average Bonchev–Trinajstić information content (AvgIpc) is 3.24. The second kappa shape index (κ2) is 11.5. The molecule has 3 aromatic carbocycles. The topological polar surface area (TPSA) is 41.6 Å². The summed E-state index contributed by atoms with van der Waals surface area (Å²) in [6.07, 6.45) is 4.19. The van der Waals surface area contributed by atoms with E-state index in [9.17, 15) is 4.79 Å². The first-order valence-electron chi connectivity index (χ1n) is 15.5. The molecule has 2 aliphatic carbocycles. The van der Waals surface area contributed by atoms with Gasteiger partial charge < -0.3 is 15.0 Å². The third-order valence-electron chi connectivity index (χ3n) is 9.04. The molecule has 1 N–H and O–H groups in total. The normalized spacial score (nSPS) is 19.7. The van der Waals surface area contributed by atoms with Gasteiger partial charge in [-0.05, 0) is 105 Å². The van der Waals surface area contributed by atoms with Gasteiger partial charge in [0.05, 0.1) is 0 Å². The minimum absolute atomic E-state index is 0.0943. The summed E-state index contributed by atoms with van der Waals surface area (Å²) in [7, 11) is 0. The molecule has 0 bridgehead atoms. The first-order valence-corrected chi connectivity index (χ1v) is 15.5. The Morgan fingerprint density at radius 3 is 1.88 bits per heavy atom. The van der Waals surface area contributed by atoms with E-state index >= 15 is 0 Å². The van der Waals surface area contributed by atoms with Crippen molar-refractivity contribution in [3.63, 3.8) is 0 Å². The van der Waals surface area contributed by atoms with E-state index in [1.165, 1.54) is 33.5 Å². The van der Waals surface area contributed by atoms with Gasteiger partial charge in [-0.15, -0.1) is 0 Å². The van der Waals surface area contributed by atoms with Crippen LogP contribution < -0.4 is 5.32 Å². The van der Waals surface area contributed by atoms with Crippen molar-refractivity contribution in [2.45, 2.75) is 103 Å². The molecule has 1 fully saturated rings. The summed E-state index contributed by atoms with van der Waals surface area (Å²) in [6, 6.07) is 26.8. The van der Waals surface area contributed by atoms with Crippen LogP contribution in [0, 0.1) is 5.92 Å². The van der Waals surface area contributed by atoms with Crippen LogP contribution in [0.2, 0.25) is 0 Å². The fourth-order valence-corrected chi connectivity index (χ4v) is 6.68. The summed E-state index contributed by atoms with van der Waals surface area (Å²) in [5.74, 6) is 0.585. The lowest BCUT2D eigenvalue weighted by molar-refractivity contribution is 0.00835. The van der Waals surface area contributed by atoms with Gasteiger partial charge >= 0.3 is 6.09 Å². The van der Waals surface area contributed by atoms with Gasteiger partial charge in [0.2, 0.25) is 0 Å². The molecule has 0 spiro atoms. The maximum absolute atomic E-state index is 13.7. The zero-order chi connectivity index (χ0) is 29.4. The van der Waals surface area contributed by atoms with Gasteiger partial charge in [-0.1, -0.05) is 81.4 Å². The molecule has 0 aromatic heterocycles. The van der Waals surface area contributed by atoms with Gasteiger partial charge in [-0.2, -0.15) is 0 Å². The van der Waals surface area contributed by atoms with E-state index in [1.54, 1.807) is 0 Å². The highest BCUT2D eigenvalue weighted by molar-refractivity contribution is 5.79. The Morgan fingerprint density at radius 1 is 0.829 bits per heavy atom. The first kappa shape index (κ1) is 29.2. The number of ether oxygens (including phenoxy) is 1. The Hall–Kier alpha value is -3.27. The third kappa shape index (κ3) is 6.63. The summed E-state index contributed by atoms with van der Waals surface area (Å²) in [5.41, 5.74) is 7.36. The monoisotopic (exact) mass is 552 g/mol. The minimum atomic E-state index is -0.537. The maximum atomic E-state index is 13.7. The van der Waals surface area contributed by atoms with E-state index in [-0.39, 0.29) is 23.5 Å². The van der Waals surface area contributed by atoms with Crippen molar-refractivity contribution in [2.24, 2.45) is 5.92 Å². The van der Waals surface area contributed by atoms with Crippen LogP contribution in [0.25, 0.3) is 11.1 Å². The summed E-state index contributed by atoms with van der Waals surface area (Å²) in [4.78, 5) is 15.8. The lowest BCUT2D eigenvalue weighted by atomic mass is 9.81. The number of fused-ring (bicyclic) bond motifs is 3. The predicted molar refractivity (Wildman–Crippen MR) is 171 cm³/mol. The molecule has 0 aliphatic heterocycles. The van der Waals surface area contributed by atoms with Crippen molar-refractivity contribution < 1.29 is 9.53 Å². The van der Waals surface area contributed by atoms with E-state index in [2.05, 4.69) is 106 Å². The van der Waals surface area contributed by atoms with E-state index in [0.29, 0.717) is 18.5 Å². The van der Waals surface area contributed by atoms with Crippen molar-refractivity contribution in [1.82, 2.24) is 4.90 Å². The van der Waals surface area contributed by atoms with E-state index in [0.717, 1.165) is 25.7 Å². The number of hydrogen-bond acceptors (Lipinski definition) is 3. The second-order valence-corrected chi connectivity index (χ2v) is 14.2. The standard InChI is InChI=1S/C37H48N2O2/c1-25(26-16-20-28(21-17-26)38-29-22-18-27(19-23-29)36(2,3)4)39(35(40)41-37(5,6)7)24-34-32-14-10-8-12-30(32)31-13-9-11-15-33(31)34/h8-15,18-19,22-23,25-26,28,34,38H,16-17,20-21,24H2,1-7H3. The number of amides is 1. The Balaban J connectivity index is 1.30. The quantitative estimate of drug-likeness (QED) is 0.331. The minimum Gasteiger partial charge on any atom is -0.444 e. The van der Waals surface area contributed by atoms with Crippen LogP contribution in [0.5, 0.6) is 0 Å². The SMILES string of the molecule is CC(C1CCC(Nc2ccc(C(C)(C)C)cc2)CC1)N(CC1c2ccccc2-c2ccccc21)C(=O)OC(C)(C)C. The third-order valence-corrected chi connectivity index (χ3v) is 9.04. The second-order valence-electron chi connectivity index (χ2n) is 14.2. The molecule has 1 atom stereocenters. The molecule has 0 radical (unpaired) electrons. The highest BCUT2D eigenvalue weighted by atomic mass is 16.6. The van der Waals surface area contributed by atoms with E-state index in [4.69, 9.17) is 4.74 Å². The van der Waals surface area contributed by atoms with Crippen LogP contribution in [0.15, 0.2) is 72.8 Å². The Morgan fingerprint density at radius 2 is 1.37 bits per heavy atom. The van der Waals surface area contributed by atoms with E-state index in [1.807, 2.05) is 25.7 Å². The number of hydrogen-bond donors (Lipinski definition) is 1. The van der Waals surface area contributed by atoms with Crippen LogP contribution >= 0.6 is 0 Å². The van der Waals surface area contributed by atoms with Crippen LogP contribution in [0.1, 0.15) is 96.8 Å². The highest BCUT2D eigenvalue weighted by Crippen LogP contribution is 2.45.